The molecule has 1 spiro atoms. The van der Waals surface area contributed by atoms with Crippen molar-refractivity contribution in [3.8, 4) is 0 Å². The molecule has 25 heavy (non-hydrogen) atoms. The number of morpholine rings is 1. The number of carbonyl (C=O) groups excluding carboxylic acids is 1. The molecule has 1 aliphatic carbocycles. The second kappa shape index (κ2) is 7.09. The van der Waals surface area contributed by atoms with Gasteiger partial charge >= 0.3 is 0 Å². The van der Waals surface area contributed by atoms with Gasteiger partial charge in [0.1, 0.15) is 5.60 Å². The first kappa shape index (κ1) is 16.5. The first-order chi connectivity index (χ1) is 12.3. The third kappa shape index (κ3) is 3.52. The Bertz CT molecular complexity index is 630. The third-order valence-electron chi connectivity index (χ3n) is 5.10. The lowest BCUT2D eigenvalue weighted by Gasteiger charge is -2.43. The predicted octanol–water partition coefficient (Wildman–Crippen LogP) is 0.877. The quantitative estimate of drug-likeness (QED) is 0.742. The van der Waals surface area contributed by atoms with E-state index in [1.54, 1.807) is 18.5 Å². The molecule has 1 aromatic heterocycles. The largest absolute Gasteiger partial charge is 0.376 e. The molecule has 0 unspecified atom stereocenters. The van der Waals surface area contributed by atoms with Crippen LogP contribution in [0.3, 0.4) is 0 Å². The summed E-state index contributed by atoms with van der Waals surface area (Å²) in [5.41, 5.74) is -0.518. The number of hydrogen-bond donors (Lipinski definition) is 0. The van der Waals surface area contributed by atoms with E-state index in [-0.39, 0.29) is 11.8 Å². The molecule has 3 aliphatic rings. The molecule has 0 bridgehead atoms. The van der Waals surface area contributed by atoms with Crippen LogP contribution in [-0.4, -0.2) is 72.4 Å². The van der Waals surface area contributed by atoms with Gasteiger partial charge in [0.05, 0.1) is 32.9 Å². The number of allylic oxidation sites excluding steroid dienone is 2. The fourth-order valence-corrected chi connectivity index (χ4v) is 3.82. The molecule has 7 nitrogen and oxygen atoms in total. The zero-order valence-corrected chi connectivity index (χ0v) is 14.3. The van der Waals surface area contributed by atoms with Gasteiger partial charge in [-0.1, -0.05) is 12.2 Å². The van der Waals surface area contributed by atoms with E-state index in [2.05, 4.69) is 27.0 Å². The summed E-state index contributed by atoms with van der Waals surface area (Å²) in [6.45, 7) is 4.19. The van der Waals surface area contributed by atoms with Crippen LogP contribution in [0.5, 0.6) is 0 Å². The molecular weight excluding hydrogens is 320 g/mol. The third-order valence-corrected chi connectivity index (χ3v) is 5.10. The minimum atomic E-state index is -0.518. The topological polar surface area (TPSA) is 67.8 Å². The highest BCUT2D eigenvalue weighted by atomic mass is 16.5. The second-order valence-corrected chi connectivity index (χ2v) is 6.95. The summed E-state index contributed by atoms with van der Waals surface area (Å²) in [5.74, 6) is 1.01. The van der Waals surface area contributed by atoms with E-state index >= 15 is 0 Å². The zero-order chi connectivity index (χ0) is 17.1. The van der Waals surface area contributed by atoms with Gasteiger partial charge in [0.25, 0.3) is 0 Å². The van der Waals surface area contributed by atoms with Gasteiger partial charge in [0.15, 0.2) is 0 Å². The smallest absolute Gasteiger partial charge is 0.226 e. The van der Waals surface area contributed by atoms with E-state index in [0.717, 1.165) is 19.4 Å². The van der Waals surface area contributed by atoms with E-state index in [0.29, 0.717) is 45.4 Å². The van der Waals surface area contributed by atoms with Crippen molar-refractivity contribution in [2.45, 2.75) is 18.4 Å². The number of anilines is 1. The summed E-state index contributed by atoms with van der Waals surface area (Å²) in [6.07, 6.45) is 9.38. The van der Waals surface area contributed by atoms with Gasteiger partial charge in [-0.05, 0) is 18.9 Å². The van der Waals surface area contributed by atoms with E-state index < -0.39 is 5.60 Å². The molecule has 3 heterocycles. The minimum Gasteiger partial charge on any atom is -0.376 e. The van der Waals surface area contributed by atoms with Gasteiger partial charge in [0, 0.05) is 31.4 Å². The molecular formula is C18H24N4O3. The Morgan fingerprint density at radius 2 is 1.92 bits per heavy atom. The Morgan fingerprint density at radius 1 is 1.12 bits per heavy atom. The predicted molar refractivity (Wildman–Crippen MR) is 92.2 cm³/mol. The average Bonchev–Trinajstić information content (AvgIpc) is 3.12. The number of nitrogens with zero attached hydrogens (tertiary/aromatic N) is 4. The number of ether oxygens (including phenoxy) is 2. The van der Waals surface area contributed by atoms with Gasteiger partial charge in [-0.15, -0.1) is 0 Å². The number of aromatic nitrogens is 2. The Hall–Kier alpha value is -1.99. The van der Waals surface area contributed by atoms with Crippen LogP contribution in [0.4, 0.5) is 5.95 Å². The maximum Gasteiger partial charge on any atom is 0.226 e. The highest BCUT2D eigenvalue weighted by molar-refractivity contribution is 5.80. The summed E-state index contributed by atoms with van der Waals surface area (Å²) < 4.78 is 12.0. The highest BCUT2D eigenvalue weighted by Gasteiger charge is 2.43. The van der Waals surface area contributed by atoms with Crippen LogP contribution in [0.1, 0.15) is 12.8 Å². The summed E-state index contributed by atoms with van der Waals surface area (Å²) in [5, 5.41) is 0. The normalized spacial score (nSPS) is 27.7. The SMILES string of the molecule is O=C(C1CC=CC1)N1CCO[C@@]2(COCCN(c3ncccn3)C2)C1. The fourth-order valence-electron chi connectivity index (χ4n) is 3.82. The lowest BCUT2D eigenvalue weighted by molar-refractivity contribution is -0.160. The van der Waals surface area contributed by atoms with Crippen molar-refractivity contribution in [3.63, 3.8) is 0 Å². The van der Waals surface area contributed by atoms with Crippen molar-refractivity contribution in [1.29, 1.82) is 0 Å². The first-order valence-corrected chi connectivity index (χ1v) is 8.93. The molecule has 0 radical (unpaired) electrons. The number of amides is 1. The lowest BCUT2D eigenvalue weighted by Crippen LogP contribution is -2.60. The first-order valence-electron chi connectivity index (χ1n) is 8.93. The van der Waals surface area contributed by atoms with Crippen molar-refractivity contribution >= 4 is 11.9 Å². The van der Waals surface area contributed by atoms with Gasteiger partial charge < -0.3 is 19.3 Å². The molecule has 134 valence electrons. The second-order valence-electron chi connectivity index (χ2n) is 6.95. The van der Waals surface area contributed by atoms with E-state index in [1.165, 1.54) is 0 Å². The minimum absolute atomic E-state index is 0.0930. The summed E-state index contributed by atoms with van der Waals surface area (Å²) >= 11 is 0. The van der Waals surface area contributed by atoms with Crippen LogP contribution in [0, 0.1) is 5.92 Å². The van der Waals surface area contributed by atoms with Crippen molar-refractivity contribution in [2.75, 3.05) is 50.9 Å². The fraction of sp³-hybridized carbons (Fsp3) is 0.611. The number of hydrogen-bond acceptors (Lipinski definition) is 6. The van der Waals surface area contributed by atoms with Crippen molar-refractivity contribution in [3.05, 3.63) is 30.6 Å². The summed E-state index contributed by atoms with van der Waals surface area (Å²) in [4.78, 5) is 25.6. The molecule has 7 heteroatoms. The maximum absolute atomic E-state index is 12.8. The van der Waals surface area contributed by atoms with Crippen LogP contribution < -0.4 is 4.90 Å². The Labute approximate surface area is 147 Å². The maximum atomic E-state index is 12.8. The average molecular weight is 344 g/mol. The van der Waals surface area contributed by atoms with Crippen LogP contribution in [0.25, 0.3) is 0 Å². The summed E-state index contributed by atoms with van der Waals surface area (Å²) in [7, 11) is 0. The van der Waals surface area contributed by atoms with Crippen molar-refractivity contribution in [1.82, 2.24) is 14.9 Å². The van der Waals surface area contributed by atoms with Gasteiger partial charge in [-0.2, -0.15) is 0 Å². The molecule has 1 atom stereocenters. The molecule has 1 amide bonds. The van der Waals surface area contributed by atoms with Gasteiger partial charge in [0.2, 0.25) is 11.9 Å². The number of carbonyl (C=O) groups is 1. The molecule has 2 saturated heterocycles. The van der Waals surface area contributed by atoms with Crippen LogP contribution in [-0.2, 0) is 14.3 Å². The molecule has 0 saturated carbocycles. The standard InChI is InChI=1S/C18H24N4O3/c23-16(15-4-1-2-5-15)21-9-11-25-18(12-21)13-22(8-10-24-14-18)17-19-6-3-7-20-17/h1-3,6-7,15H,4-5,8-14H2/t18-/m0/s1. The van der Waals surface area contributed by atoms with E-state index in [4.69, 9.17) is 9.47 Å². The Morgan fingerprint density at radius 3 is 2.72 bits per heavy atom. The Kier molecular flexibility index (Phi) is 4.67. The molecule has 0 aromatic carbocycles. The number of rotatable bonds is 2. The molecule has 2 fully saturated rings. The van der Waals surface area contributed by atoms with Crippen molar-refractivity contribution in [2.24, 2.45) is 5.92 Å². The van der Waals surface area contributed by atoms with E-state index in [9.17, 15) is 4.79 Å². The molecule has 0 N–H and O–H groups in total. The summed E-state index contributed by atoms with van der Waals surface area (Å²) in [6, 6.07) is 1.81. The van der Waals surface area contributed by atoms with Gasteiger partial charge in [-0.25, -0.2) is 9.97 Å². The van der Waals surface area contributed by atoms with Crippen molar-refractivity contribution < 1.29 is 14.3 Å². The molecule has 2 aliphatic heterocycles. The zero-order valence-electron chi connectivity index (χ0n) is 14.3. The van der Waals surface area contributed by atoms with Crippen LogP contribution in [0.15, 0.2) is 30.6 Å². The monoisotopic (exact) mass is 344 g/mol. The van der Waals surface area contributed by atoms with E-state index in [1.807, 2.05) is 4.90 Å². The van der Waals surface area contributed by atoms with Crippen LogP contribution in [0.2, 0.25) is 0 Å². The van der Waals surface area contributed by atoms with Gasteiger partial charge in [-0.3, -0.25) is 4.79 Å². The molecule has 4 rings (SSSR count). The molecule has 1 aromatic rings. The van der Waals surface area contributed by atoms with Crippen LogP contribution >= 0.6 is 0 Å². The Balaban J connectivity index is 1.49. The highest BCUT2D eigenvalue weighted by Crippen LogP contribution is 2.27. The lowest BCUT2D eigenvalue weighted by atomic mass is 9.99.